The topological polar surface area (TPSA) is 117 Å². The Hall–Kier alpha value is -2.88. The van der Waals surface area contributed by atoms with Gasteiger partial charge in [0.2, 0.25) is 5.91 Å². The number of rotatable bonds is 10. The number of benzene rings is 1. The fraction of sp³-hybridized carbons (Fsp3) is 0.409. The van der Waals surface area contributed by atoms with E-state index in [2.05, 4.69) is 10.4 Å². The van der Waals surface area contributed by atoms with Gasteiger partial charge < -0.3 is 25.2 Å². The summed E-state index contributed by atoms with van der Waals surface area (Å²) in [7, 11) is 0. The highest BCUT2D eigenvalue weighted by Crippen LogP contribution is 2.27. The SMILES string of the molecule is CC(CC(C)N1CC(Oc2ccccc2Cl)=CC1=O)C(=O)Nc1ccn(C[C@@H](O)CO)n1. The van der Waals surface area contributed by atoms with Gasteiger partial charge in [-0.05, 0) is 25.5 Å². The fourth-order valence-electron chi connectivity index (χ4n) is 3.41. The van der Waals surface area contributed by atoms with Gasteiger partial charge in [-0.3, -0.25) is 14.3 Å². The van der Waals surface area contributed by atoms with Crippen molar-refractivity contribution < 1.29 is 24.5 Å². The van der Waals surface area contributed by atoms with Crippen molar-refractivity contribution in [2.24, 2.45) is 5.92 Å². The molecule has 1 aromatic heterocycles. The minimum atomic E-state index is -0.920. The second kappa shape index (κ2) is 10.6. The van der Waals surface area contributed by atoms with Crippen LogP contribution in [0, 0.1) is 5.92 Å². The predicted molar refractivity (Wildman–Crippen MR) is 119 cm³/mol. The van der Waals surface area contributed by atoms with E-state index in [-0.39, 0.29) is 36.9 Å². The Kier molecular flexibility index (Phi) is 7.89. The average molecular weight is 463 g/mol. The number of halogens is 1. The first-order valence-corrected chi connectivity index (χ1v) is 10.7. The number of para-hydroxylation sites is 1. The lowest BCUT2D eigenvalue weighted by molar-refractivity contribution is -0.128. The van der Waals surface area contributed by atoms with Crippen molar-refractivity contribution in [3.05, 3.63) is 53.4 Å². The molecule has 10 heteroatoms. The van der Waals surface area contributed by atoms with Crippen molar-refractivity contribution in [1.82, 2.24) is 14.7 Å². The highest BCUT2D eigenvalue weighted by molar-refractivity contribution is 6.32. The van der Waals surface area contributed by atoms with E-state index in [9.17, 15) is 14.7 Å². The zero-order valence-corrected chi connectivity index (χ0v) is 18.7. The lowest BCUT2D eigenvalue weighted by Gasteiger charge is -2.26. The summed E-state index contributed by atoms with van der Waals surface area (Å²) < 4.78 is 7.21. The molecule has 2 amide bonds. The lowest BCUT2D eigenvalue weighted by Crippen LogP contribution is -2.38. The van der Waals surface area contributed by atoms with Crippen LogP contribution < -0.4 is 10.1 Å². The quantitative estimate of drug-likeness (QED) is 0.497. The van der Waals surface area contributed by atoms with Crippen LogP contribution >= 0.6 is 11.6 Å². The third kappa shape index (κ3) is 6.09. The highest BCUT2D eigenvalue weighted by atomic mass is 35.5. The summed E-state index contributed by atoms with van der Waals surface area (Å²) in [6, 6.07) is 8.48. The number of ether oxygens (including phenoxy) is 1. The van der Waals surface area contributed by atoms with Gasteiger partial charge in [0.1, 0.15) is 11.5 Å². The maximum absolute atomic E-state index is 12.6. The molecule has 0 spiro atoms. The number of hydrogen-bond acceptors (Lipinski definition) is 6. The number of hydrogen-bond donors (Lipinski definition) is 3. The van der Waals surface area contributed by atoms with E-state index in [4.69, 9.17) is 21.4 Å². The maximum atomic E-state index is 12.6. The van der Waals surface area contributed by atoms with Gasteiger partial charge in [0.25, 0.3) is 5.91 Å². The molecule has 0 radical (unpaired) electrons. The average Bonchev–Trinajstić information content (AvgIpc) is 3.35. The molecular formula is C22H27ClN4O5. The first kappa shape index (κ1) is 23.8. The molecule has 3 N–H and O–H groups in total. The van der Waals surface area contributed by atoms with Crippen LogP contribution in [0.15, 0.2) is 48.4 Å². The van der Waals surface area contributed by atoms with E-state index < -0.39 is 6.10 Å². The lowest BCUT2D eigenvalue weighted by atomic mass is 10.0. The molecule has 32 heavy (non-hydrogen) atoms. The van der Waals surface area contributed by atoms with Crippen LogP contribution in [-0.2, 0) is 16.1 Å². The molecule has 0 aliphatic carbocycles. The molecule has 172 valence electrons. The summed E-state index contributed by atoms with van der Waals surface area (Å²) >= 11 is 6.12. The summed E-state index contributed by atoms with van der Waals surface area (Å²) in [4.78, 5) is 26.7. The molecule has 1 aromatic carbocycles. The van der Waals surface area contributed by atoms with Crippen LogP contribution in [0.5, 0.6) is 5.75 Å². The molecular weight excluding hydrogens is 436 g/mol. The van der Waals surface area contributed by atoms with Gasteiger partial charge in [0.15, 0.2) is 5.82 Å². The van der Waals surface area contributed by atoms with Gasteiger partial charge in [-0.25, -0.2) is 0 Å². The van der Waals surface area contributed by atoms with Crippen LogP contribution in [0.1, 0.15) is 20.3 Å². The summed E-state index contributed by atoms with van der Waals surface area (Å²) in [5.41, 5.74) is 0. The Bertz CT molecular complexity index is 992. The third-order valence-corrected chi connectivity index (χ3v) is 5.46. The summed E-state index contributed by atoms with van der Waals surface area (Å²) in [6.45, 7) is 3.73. The number of nitrogens with one attached hydrogen (secondary N) is 1. The summed E-state index contributed by atoms with van der Waals surface area (Å²) in [5, 5.41) is 25.8. The Morgan fingerprint density at radius 1 is 1.31 bits per heavy atom. The molecule has 3 atom stereocenters. The zero-order valence-electron chi connectivity index (χ0n) is 17.9. The van der Waals surface area contributed by atoms with Crippen LogP contribution in [-0.4, -0.2) is 62.0 Å². The maximum Gasteiger partial charge on any atom is 0.250 e. The van der Waals surface area contributed by atoms with Crippen LogP contribution in [0.2, 0.25) is 5.02 Å². The molecule has 2 heterocycles. The van der Waals surface area contributed by atoms with Gasteiger partial charge in [0.05, 0.1) is 30.8 Å². The van der Waals surface area contributed by atoms with E-state index in [1.165, 1.54) is 10.8 Å². The van der Waals surface area contributed by atoms with Crippen molar-refractivity contribution in [2.75, 3.05) is 18.5 Å². The smallest absolute Gasteiger partial charge is 0.250 e. The van der Waals surface area contributed by atoms with Crippen molar-refractivity contribution in [2.45, 2.75) is 39.0 Å². The second-order valence-corrected chi connectivity index (χ2v) is 8.25. The van der Waals surface area contributed by atoms with E-state index >= 15 is 0 Å². The van der Waals surface area contributed by atoms with Gasteiger partial charge in [-0.15, -0.1) is 0 Å². The Labute approximate surface area is 191 Å². The summed E-state index contributed by atoms with van der Waals surface area (Å²) in [6.07, 6.45) is 2.58. The second-order valence-electron chi connectivity index (χ2n) is 7.84. The Morgan fingerprint density at radius 2 is 2.06 bits per heavy atom. The van der Waals surface area contributed by atoms with Gasteiger partial charge in [-0.2, -0.15) is 5.10 Å². The van der Waals surface area contributed by atoms with Gasteiger partial charge >= 0.3 is 0 Å². The minimum Gasteiger partial charge on any atom is -0.458 e. The van der Waals surface area contributed by atoms with E-state index in [0.717, 1.165) is 0 Å². The molecule has 2 aromatic rings. The van der Waals surface area contributed by atoms with E-state index in [1.807, 2.05) is 6.92 Å². The van der Waals surface area contributed by atoms with Crippen molar-refractivity contribution in [1.29, 1.82) is 0 Å². The number of anilines is 1. The number of aliphatic hydroxyl groups excluding tert-OH is 2. The highest BCUT2D eigenvalue weighted by Gasteiger charge is 2.30. The monoisotopic (exact) mass is 462 g/mol. The first-order valence-electron chi connectivity index (χ1n) is 10.3. The zero-order chi connectivity index (χ0) is 23.3. The fourth-order valence-corrected chi connectivity index (χ4v) is 3.59. The third-order valence-electron chi connectivity index (χ3n) is 5.15. The van der Waals surface area contributed by atoms with Crippen LogP contribution in [0.4, 0.5) is 5.82 Å². The number of carbonyl (C=O) groups is 2. The number of aromatic nitrogens is 2. The molecule has 0 saturated carbocycles. The molecule has 3 rings (SSSR count). The Balaban J connectivity index is 1.51. The minimum absolute atomic E-state index is 0.127. The molecule has 1 aliphatic heterocycles. The van der Waals surface area contributed by atoms with Gasteiger partial charge in [0, 0.05) is 30.3 Å². The largest absolute Gasteiger partial charge is 0.458 e. The molecule has 0 bridgehead atoms. The van der Waals surface area contributed by atoms with Crippen LogP contribution in [0.3, 0.4) is 0 Å². The number of amides is 2. The van der Waals surface area contributed by atoms with Crippen molar-refractivity contribution in [3.8, 4) is 5.75 Å². The normalized spacial score (nSPS) is 16.5. The number of carbonyl (C=O) groups excluding carboxylic acids is 2. The standard InChI is InChI=1S/C22H27ClN4O5/c1-14(22(31)24-20-7-8-26(25-20)11-16(29)13-28)9-15(2)27-12-17(10-21(27)30)32-19-6-4-3-5-18(19)23/h3-8,10,14-16,28-29H,9,11-13H2,1-2H3,(H,24,25,31)/t14?,15?,16-/m1/s1. The van der Waals surface area contributed by atoms with Crippen molar-refractivity contribution >= 4 is 29.2 Å². The van der Waals surface area contributed by atoms with Crippen molar-refractivity contribution in [3.63, 3.8) is 0 Å². The predicted octanol–water partition coefficient (Wildman–Crippen LogP) is 2.05. The van der Waals surface area contributed by atoms with Gasteiger partial charge in [-0.1, -0.05) is 30.7 Å². The molecule has 1 aliphatic rings. The number of aliphatic hydroxyl groups is 2. The molecule has 0 saturated heterocycles. The first-order chi connectivity index (χ1) is 15.3. The summed E-state index contributed by atoms with van der Waals surface area (Å²) in [5.74, 6) is 0.572. The Morgan fingerprint density at radius 3 is 2.78 bits per heavy atom. The number of nitrogens with zero attached hydrogens (tertiary/aromatic N) is 3. The van der Waals surface area contributed by atoms with E-state index in [1.54, 1.807) is 48.4 Å². The molecule has 2 unspecified atom stereocenters. The van der Waals surface area contributed by atoms with E-state index in [0.29, 0.717) is 35.3 Å². The molecule has 0 fully saturated rings. The van der Waals surface area contributed by atoms with Crippen LogP contribution in [0.25, 0.3) is 0 Å². The molecule has 9 nitrogen and oxygen atoms in total.